The molecule has 0 radical (unpaired) electrons. The molecular weight excluding hydrogens is 258 g/mol. The molecule has 0 heterocycles. The van der Waals surface area contributed by atoms with Crippen LogP contribution >= 0.6 is 0 Å². The topological polar surface area (TPSA) is 35.2 Å². The molecule has 3 rings (SSSR count). The zero-order valence-electron chi connectivity index (χ0n) is 13.1. The van der Waals surface area contributed by atoms with Gasteiger partial charge in [0.2, 0.25) is 0 Å². The molecule has 2 N–H and O–H groups in total. The third-order valence-corrected chi connectivity index (χ3v) is 5.33. The maximum absolute atomic E-state index is 6.90. The van der Waals surface area contributed by atoms with Gasteiger partial charge in [0.15, 0.2) is 5.72 Å². The summed E-state index contributed by atoms with van der Waals surface area (Å²) < 4.78 is 6.42. The summed E-state index contributed by atoms with van der Waals surface area (Å²) in [7, 11) is 0. The lowest BCUT2D eigenvalue weighted by Crippen LogP contribution is -2.51. The predicted octanol–water partition coefficient (Wildman–Crippen LogP) is 4.41. The standard InChI is InChI=1S/C19H25NO/c1-3-18(4-2)14-15-10-8-9-13-17(15)19(18,20)21-16-11-6-5-7-12-16/h6,8-13H,3-5,7,14,20H2,1-2H3. The van der Waals surface area contributed by atoms with Crippen LogP contribution in [-0.4, -0.2) is 0 Å². The first-order chi connectivity index (χ1) is 10.1. The summed E-state index contributed by atoms with van der Waals surface area (Å²) in [5, 5.41) is 0. The van der Waals surface area contributed by atoms with Crippen LogP contribution in [0.2, 0.25) is 0 Å². The molecule has 1 unspecified atom stereocenters. The molecule has 0 bridgehead atoms. The number of allylic oxidation sites excluding steroid dienone is 3. The summed E-state index contributed by atoms with van der Waals surface area (Å²) in [6, 6.07) is 8.49. The van der Waals surface area contributed by atoms with Gasteiger partial charge in [-0.3, -0.25) is 5.73 Å². The second-order valence-electron chi connectivity index (χ2n) is 6.25. The highest BCUT2D eigenvalue weighted by atomic mass is 16.5. The van der Waals surface area contributed by atoms with Gasteiger partial charge >= 0.3 is 0 Å². The van der Waals surface area contributed by atoms with E-state index in [0.29, 0.717) is 0 Å². The van der Waals surface area contributed by atoms with Crippen molar-refractivity contribution in [1.82, 2.24) is 0 Å². The van der Waals surface area contributed by atoms with E-state index in [1.807, 2.05) is 0 Å². The number of hydrogen-bond acceptors (Lipinski definition) is 2. The Hall–Kier alpha value is -1.54. The highest BCUT2D eigenvalue weighted by molar-refractivity contribution is 5.41. The molecule has 0 aromatic heterocycles. The van der Waals surface area contributed by atoms with Crippen molar-refractivity contribution >= 4 is 0 Å². The Morgan fingerprint density at radius 3 is 2.57 bits per heavy atom. The summed E-state index contributed by atoms with van der Waals surface area (Å²) in [6.07, 6.45) is 11.6. The predicted molar refractivity (Wildman–Crippen MR) is 86.6 cm³/mol. The van der Waals surface area contributed by atoms with Gasteiger partial charge in [-0.25, -0.2) is 0 Å². The molecule has 1 aromatic carbocycles. The fourth-order valence-electron chi connectivity index (χ4n) is 3.86. The Bertz CT molecular complexity index is 583. The third kappa shape index (κ3) is 2.13. The largest absolute Gasteiger partial charge is 0.469 e. The number of fused-ring (bicyclic) bond motifs is 1. The lowest BCUT2D eigenvalue weighted by Gasteiger charge is -2.43. The van der Waals surface area contributed by atoms with Gasteiger partial charge in [-0.2, -0.15) is 0 Å². The summed E-state index contributed by atoms with van der Waals surface area (Å²) in [5.74, 6) is 0.923. The zero-order valence-corrected chi connectivity index (χ0v) is 13.1. The third-order valence-electron chi connectivity index (χ3n) is 5.33. The van der Waals surface area contributed by atoms with E-state index in [-0.39, 0.29) is 5.41 Å². The zero-order chi connectivity index (χ0) is 14.9. The molecule has 2 nitrogen and oxygen atoms in total. The fourth-order valence-corrected chi connectivity index (χ4v) is 3.86. The first-order valence-electron chi connectivity index (χ1n) is 8.08. The second-order valence-corrected chi connectivity index (χ2v) is 6.25. The van der Waals surface area contributed by atoms with E-state index in [9.17, 15) is 0 Å². The first kappa shape index (κ1) is 14.4. The summed E-state index contributed by atoms with van der Waals surface area (Å²) in [5.41, 5.74) is 8.66. The van der Waals surface area contributed by atoms with E-state index in [1.54, 1.807) is 0 Å². The molecular formula is C19H25NO. The van der Waals surface area contributed by atoms with E-state index in [0.717, 1.165) is 43.4 Å². The Labute approximate surface area is 127 Å². The van der Waals surface area contributed by atoms with Crippen LogP contribution in [0, 0.1) is 5.41 Å². The number of nitrogens with two attached hydrogens (primary N) is 1. The van der Waals surface area contributed by atoms with Crippen LogP contribution in [0.15, 0.2) is 48.3 Å². The van der Waals surface area contributed by atoms with Crippen LogP contribution < -0.4 is 5.73 Å². The van der Waals surface area contributed by atoms with Crippen LogP contribution in [0.1, 0.15) is 50.7 Å². The maximum atomic E-state index is 6.90. The van der Waals surface area contributed by atoms with E-state index in [1.165, 1.54) is 5.56 Å². The molecule has 112 valence electrons. The average Bonchev–Trinajstić information content (AvgIpc) is 2.78. The summed E-state index contributed by atoms with van der Waals surface area (Å²) in [6.45, 7) is 4.46. The fraction of sp³-hybridized carbons (Fsp3) is 0.474. The molecule has 0 saturated heterocycles. The minimum Gasteiger partial charge on any atom is -0.469 e. The molecule has 2 aliphatic carbocycles. The second kappa shape index (κ2) is 5.34. The Kier molecular flexibility index (Phi) is 3.66. The molecule has 1 atom stereocenters. The van der Waals surface area contributed by atoms with Gasteiger partial charge in [-0.05, 0) is 49.8 Å². The molecule has 2 heteroatoms. The van der Waals surface area contributed by atoms with Crippen molar-refractivity contribution in [3.05, 3.63) is 59.4 Å². The number of ether oxygens (including phenoxy) is 1. The Balaban J connectivity index is 2.05. The van der Waals surface area contributed by atoms with Crippen LogP contribution in [0.5, 0.6) is 0 Å². The van der Waals surface area contributed by atoms with Gasteiger partial charge in [0.05, 0.1) is 0 Å². The SMILES string of the molecule is CCC1(CC)Cc2ccccc2C1(N)OC1=CCCC=C1. The van der Waals surface area contributed by atoms with Crippen LogP contribution in [-0.2, 0) is 16.9 Å². The highest BCUT2D eigenvalue weighted by Gasteiger charge is 2.55. The molecule has 1 aromatic rings. The van der Waals surface area contributed by atoms with E-state index in [2.05, 4.69) is 56.3 Å². The minimum absolute atomic E-state index is 0.0250. The molecule has 0 spiro atoms. The van der Waals surface area contributed by atoms with Crippen LogP contribution in [0.4, 0.5) is 0 Å². The van der Waals surface area contributed by atoms with E-state index in [4.69, 9.17) is 10.5 Å². The lowest BCUT2D eigenvalue weighted by atomic mass is 9.73. The van der Waals surface area contributed by atoms with Crippen molar-refractivity contribution in [2.75, 3.05) is 0 Å². The number of rotatable bonds is 4. The summed E-state index contributed by atoms with van der Waals surface area (Å²) >= 11 is 0. The maximum Gasteiger partial charge on any atom is 0.190 e. The van der Waals surface area contributed by atoms with Gasteiger partial charge < -0.3 is 4.74 Å². The summed E-state index contributed by atoms with van der Waals surface area (Å²) in [4.78, 5) is 0. The Morgan fingerprint density at radius 2 is 1.90 bits per heavy atom. The normalized spacial score (nSPS) is 26.3. The molecule has 0 fully saturated rings. The van der Waals surface area contributed by atoms with E-state index >= 15 is 0 Å². The monoisotopic (exact) mass is 283 g/mol. The molecule has 21 heavy (non-hydrogen) atoms. The van der Waals surface area contributed by atoms with Crippen molar-refractivity contribution < 1.29 is 4.74 Å². The van der Waals surface area contributed by atoms with Gasteiger partial charge in [0, 0.05) is 11.0 Å². The average molecular weight is 283 g/mol. The quantitative estimate of drug-likeness (QED) is 0.831. The van der Waals surface area contributed by atoms with Crippen LogP contribution in [0.3, 0.4) is 0 Å². The molecule has 2 aliphatic rings. The van der Waals surface area contributed by atoms with Gasteiger partial charge in [-0.1, -0.05) is 44.2 Å². The van der Waals surface area contributed by atoms with Crippen molar-refractivity contribution in [3.63, 3.8) is 0 Å². The highest BCUT2D eigenvalue weighted by Crippen LogP contribution is 2.54. The smallest absolute Gasteiger partial charge is 0.190 e. The molecule has 0 aliphatic heterocycles. The van der Waals surface area contributed by atoms with E-state index < -0.39 is 5.72 Å². The van der Waals surface area contributed by atoms with Crippen molar-refractivity contribution in [2.45, 2.75) is 51.7 Å². The van der Waals surface area contributed by atoms with Crippen molar-refractivity contribution in [1.29, 1.82) is 0 Å². The van der Waals surface area contributed by atoms with Crippen LogP contribution in [0.25, 0.3) is 0 Å². The van der Waals surface area contributed by atoms with Gasteiger partial charge in [0.25, 0.3) is 0 Å². The Morgan fingerprint density at radius 1 is 1.14 bits per heavy atom. The minimum atomic E-state index is -0.722. The molecule has 0 saturated carbocycles. The molecule has 0 amide bonds. The van der Waals surface area contributed by atoms with Crippen molar-refractivity contribution in [2.24, 2.45) is 11.1 Å². The van der Waals surface area contributed by atoms with Gasteiger partial charge in [-0.15, -0.1) is 0 Å². The number of benzene rings is 1. The number of hydrogen-bond donors (Lipinski definition) is 1. The van der Waals surface area contributed by atoms with Crippen molar-refractivity contribution in [3.8, 4) is 0 Å². The lowest BCUT2D eigenvalue weighted by molar-refractivity contribution is -0.0980. The first-order valence-corrected chi connectivity index (χ1v) is 8.08. The van der Waals surface area contributed by atoms with Gasteiger partial charge in [0.1, 0.15) is 5.76 Å².